The lowest BCUT2D eigenvalue weighted by atomic mass is 9.98. The van der Waals surface area contributed by atoms with Crippen molar-refractivity contribution >= 4 is 11.5 Å². The molecular formula is C17H22N4O2. The van der Waals surface area contributed by atoms with Crippen molar-refractivity contribution in [3.8, 4) is 0 Å². The number of aromatic amines is 1. The van der Waals surface area contributed by atoms with Crippen LogP contribution in [0, 0.1) is 5.92 Å². The molecule has 1 aliphatic rings. The van der Waals surface area contributed by atoms with Gasteiger partial charge in [0.2, 0.25) is 0 Å². The highest BCUT2D eigenvalue weighted by molar-refractivity contribution is 5.49. The highest BCUT2D eigenvalue weighted by atomic mass is 16.3. The van der Waals surface area contributed by atoms with Crippen LogP contribution < -0.4 is 15.8 Å². The van der Waals surface area contributed by atoms with Crippen molar-refractivity contribution in [3.63, 3.8) is 0 Å². The Kier molecular flexibility index (Phi) is 4.92. The zero-order valence-corrected chi connectivity index (χ0v) is 13.0. The SMILES string of the molecule is O=c1[nH]cccc1CNc1ccc(N2CCC(CO)CC2)cn1. The molecule has 1 fully saturated rings. The first-order valence-corrected chi connectivity index (χ1v) is 7.98. The lowest BCUT2D eigenvalue weighted by Crippen LogP contribution is -2.34. The fourth-order valence-electron chi connectivity index (χ4n) is 2.83. The summed E-state index contributed by atoms with van der Waals surface area (Å²) in [4.78, 5) is 21.0. The number of hydrogen-bond acceptors (Lipinski definition) is 5. The molecule has 0 bridgehead atoms. The summed E-state index contributed by atoms with van der Waals surface area (Å²) in [7, 11) is 0. The number of anilines is 2. The summed E-state index contributed by atoms with van der Waals surface area (Å²) in [6.45, 7) is 2.65. The van der Waals surface area contributed by atoms with Gasteiger partial charge in [0.25, 0.3) is 5.56 Å². The molecule has 6 heteroatoms. The molecule has 3 heterocycles. The van der Waals surface area contributed by atoms with Crippen molar-refractivity contribution in [2.45, 2.75) is 19.4 Å². The fourth-order valence-corrected chi connectivity index (χ4v) is 2.83. The average molecular weight is 314 g/mol. The Balaban J connectivity index is 1.57. The van der Waals surface area contributed by atoms with Crippen LogP contribution in [0.1, 0.15) is 18.4 Å². The van der Waals surface area contributed by atoms with Gasteiger partial charge in [-0.1, -0.05) is 6.07 Å². The second-order valence-electron chi connectivity index (χ2n) is 5.89. The summed E-state index contributed by atoms with van der Waals surface area (Å²) in [5.41, 5.74) is 1.71. The van der Waals surface area contributed by atoms with Crippen LogP contribution in [0.4, 0.5) is 11.5 Å². The highest BCUT2D eigenvalue weighted by Gasteiger charge is 2.18. The third-order valence-corrected chi connectivity index (χ3v) is 4.35. The van der Waals surface area contributed by atoms with E-state index >= 15 is 0 Å². The number of aliphatic hydroxyl groups is 1. The Morgan fingerprint density at radius 2 is 2.13 bits per heavy atom. The van der Waals surface area contributed by atoms with Gasteiger partial charge in [-0.3, -0.25) is 4.79 Å². The first kappa shape index (κ1) is 15.6. The van der Waals surface area contributed by atoms with Gasteiger partial charge in [0.1, 0.15) is 5.82 Å². The van der Waals surface area contributed by atoms with Crippen LogP contribution in [-0.4, -0.2) is 34.8 Å². The summed E-state index contributed by atoms with van der Waals surface area (Å²) in [5, 5.41) is 12.4. The Morgan fingerprint density at radius 1 is 1.30 bits per heavy atom. The van der Waals surface area contributed by atoms with E-state index in [1.165, 1.54) is 0 Å². The van der Waals surface area contributed by atoms with E-state index in [1.54, 1.807) is 12.3 Å². The first-order valence-electron chi connectivity index (χ1n) is 7.98. The molecule has 0 saturated carbocycles. The molecule has 0 spiro atoms. The Bertz CT molecular complexity index is 675. The summed E-state index contributed by atoms with van der Waals surface area (Å²) in [6.07, 6.45) is 5.52. The third kappa shape index (κ3) is 3.90. The van der Waals surface area contributed by atoms with E-state index in [2.05, 4.69) is 20.2 Å². The standard InChI is InChI=1S/C17H22N4O2/c22-12-13-5-8-21(9-6-13)15-3-4-16(20-11-15)19-10-14-2-1-7-18-17(14)23/h1-4,7,11,13,22H,5-6,8-10,12H2,(H,18,23)(H,19,20). The van der Waals surface area contributed by atoms with E-state index in [0.29, 0.717) is 18.0 Å². The van der Waals surface area contributed by atoms with Gasteiger partial charge in [0, 0.05) is 38.0 Å². The van der Waals surface area contributed by atoms with Crippen molar-refractivity contribution in [2.24, 2.45) is 5.92 Å². The quantitative estimate of drug-likeness (QED) is 0.781. The van der Waals surface area contributed by atoms with Gasteiger partial charge in [0.05, 0.1) is 11.9 Å². The van der Waals surface area contributed by atoms with Gasteiger partial charge in [0.15, 0.2) is 0 Å². The van der Waals surface area contributed by atoms with Gasteiger partial charge in [-0.2, -0.15) is 0 Å². The first-order chi connectivity index (χ1) is 11.3. The fraction of sp³-hybridized carbons (Fsp3) is 0.412. The van der Waals surface area contributed by atoms with Crippen LogP contribution in [0.25, 0.3) is 0 Å². The average Bonchev–Trinajstić information content (AvgIpc) is 2.62. The van der Waals surface area contributed by atoms with Crippen LogP contribution in [0.15, 0.2) is 41.5 Å². The van der Waals surface area contributed by atoms with Crippen molar-refractivity contribution in [2.75, 3.05) is 29.9 Å². The minimum Gasteiger partial charge on any atom is -0.396 e. The molecule has 0 aliphatic carbocycles. The van der Waals surface area contributed by atoms with E-state index in [9.17, 15) is 9.90 Å². The number of nitrogens with one attached hydrogen (secondary N) is 2. The number of rotatable bonds is 5. The molecule has 2 aromatic heterocycles. The van der Waals surface area contributed by atoms with E-state index in [1.807, 2.05) is 24.4 Å². The van der Waals surface area contributed by atoms with E-state index in [4.69, 9.17) is 0 Å². The summed E-state index contributed by atoms with van der Waals surface area (Å²) in [6, 6.07) is 7.59. The number of nitrogens with zero attached hydrogens (tertiary/aromatic N) is 2. The van der Waals surface area contributed by atoms with E-state index in [-0.39, 0.29) is 12.2 Å². The smallest absolute Gasteiger partial charge is 0.252 e. The van der Waals surface area contributed by atoms with Crippen molar-refractivity contribution in [3.05, 3.63) is 52.6 Å². The molecule has 122 valence electrons. The zero-order chi connectivity index (χ0) is 16.1. The van der Waals surface area contributed by atoms with E-state index < -0.39 is 0 Å². The maximum atomic E-state index is 11.6. The number of aliphatic hydroxyl groups excluding tert-OH is 1. The minimum absolute atomic E-state index is 0.0802. The maximum absolute atomic E-state index is 11.6. The van der Waals surface area contributed by atoms with Gasteiger partial charge in [-0.15, -0.1) is 0 Å². The highest BCUT2D eigenvalue weighted by Crippen LogP contribution is 2.23. The monoisotopic (exact) mass is 314 g/mol. The molecule has 0 aromatic carbocycles. The van der Waals surface area contributed by atoms with Gasteiger partial charge in [-0.05, 0) is 37.0 Å². The Morgan fingerprint density at radius 3 is 2.78 bits per heavy atom. The Hall–Kier alpha value is -2.34. The van der Waals surface area contributed by atoms with E-state index in [0.717, 1.165) is 37.4 Å². The largest absolute Gasteiger partial charge is 0.396 e. The molecule has 0 radical (unpaired) electrons. The molecule has 0 unspecified atom stereocenters. The van der Waals surface area contributed by atoms with Crippen molar-refractivity contribution < 1.29 is 5.11 Å². The lowest BCUT2D eigenvalue weighted by Gasteiger charge is -2.32. The topological polar surface area (TPSA) is 81.2 Å². The summed E-state index contributed by atoms with van der Waals surface area (Å²) in [5.74, 6) is 1.19. The zero-order valence-electron chi connectivity index (χ0n) is 13.0. The van der Waals surface area contributed by atoms with Crippen LogP contribution in [0.5, 0.6) is 0 Å². The number of pyridine rings is 2. The van der Waals surface area contributed by atoms with Crippen LogP contribution in [0.2, 0.25) is 0 Å². The van der Waals surface area contributed by atoms with Crippen molar-refractivity contribution in [1.29, 1.82) is 0 Å². The number of piperidine rings is 1. The molecule has 0 atom stereocenters. The number of H-pyrrole nitrogens is 1. The number of aromatic nitrogens is 2. The normalized spacial score (nSPS) is 15.6. The molecule has 3 rings (SSSR count). The summed E-state index contributed by atoms with van der Waals surface area (Å²) >= 11 is 0. The molecule has 23 heavy (non-hydrogen) atoms. The Labute approximate surface area is 135 Å². The van der Waals surface area contributed by atoms with Crippen molar-refractivity contribution in [1.82, 2.24) is 9.97 Å². The molecule has 1 aliphatic heterocycles. The molecule has 6 nitrogen and oxygen atoms in total. The maximum Gasteiger partial charge on any atom is 0.252 e. The summed E-state index contributed by atoms with van der Waals surface area (Å²) < 4.78 is 0. The van der Waals surface area contributed by atoms with Crippen LogP contribution >= 0.6 is 0 Å². The third-order valence-electron chi connectivity index (χ3n) is 4.35. The molecule has 2 aromatic rings. The van der Waals surface area contributed by atoms with Crippen LogP contribution in [0.3, 0.4) is 0 Å². The van der Waals surface area contributed by atoms with Gasteiger partial charge in [-0.25, -0.2) is 4.98 Å². The molecule has 3 N–H and O–H groups in total. The minimum atomic E-state index is -0.0802. The van der Waals surface area contributed by atoms with Crippen LogP contribution in [-0.2, 0) is 6.54 Å². The second-order valence-corrected chi connectivity index (χ2v) is 5.89. The van der Waals surface area contributed by atoms with Gasteiger partial charge < -0.3 is 20.3 Å². The number of hydrogen-bond donors (Lipinski definition) is 3. The lowest BCUT2D eigenvalue weighted by molar-refractivity contribution is 0.203. The second kappa shape index (κ2) is 7.28. The molecule has 0 amide bonds. The van der Waals surface area contributed by atoms with Gasteiger partial charge >= 0.3 is 0 Å². The predicted octanol–water partition coefficient (Wildman–Crippen LogP) is 1.59. The predicted molar refractivity (Wildman–Crippen MR) is 90.6 cm³/mol. The molecular weight excluding hydrogens is 292 g/mol. The molecule has 1 saturated heterocycles.